The molecule has 0 amide bonds. The first-order chi connectivity index (χ1) is 6.22. The lowest BCUT2D eigenvalue weighted by Gasteiger charge is -1.98. The van der Waals surface area contributed by atoms with Crippen LogP contribution in [-0.4, -0.2) is 11.0 Å². The summed E-state index contributed by atoms with van der Waals surface area (Å²) in [5.74, 6) is 0.495. The average Bonchev–Trinajstić information content (AvgIpc) is 2.16. The van der Waals surface area contributed by atoms with Crippen LogP contribution in [0.4, 0.5) is 0 Å². The van der Waals surface area contributed by atoms with Gasteiger partial charge in [-0.3, -0.25) is 15.7 Å². The first-order valence-corrected chi connectivity index (χ1v) is 4.26. The molecular weight excluding hydrogens is 223 g/mol. The second-order valence-corrected chi connectivity index (χ2v) is 3.08. The first kappa shape index (κ1) is 13.2. The van der Waals surface area contributed by atoms with Crippen LogP contribution < -0.4 is 5.48 Å². The maximum absolute atomic E-state index is 8.46. The molecule has 0 radical (unpaired) electrons. The predicted molar refractivity (Wildman–Crippen MR) is 60.4 cm³/mol. The van der Waals surface area contributed by atoms with Gasteiger partial charge in [0.2, 0.25) is 0 Å². The zero-order valence-electron chi connectivity index (χ0n) is 7.70. The quantitative estimate of drug-likeness (QED) is 0.470. The summed E-state index contributed by atoms with van der Waals surface area (Å²) in [4.78, 5) is 4.06. The number of nitrogens with one attached hydrogen (secondary N) is 1. The van der Waals surface area contributed by atoms with Crippen molar-refractivity contribution in [3.05, 3.63) is 34.9 Å². The van der Waals surface area contributed by atoms with Crippen molar-refractivity contribution in [3.8, 4) is 0 Å². The standard InChI is InChI=1S/C9H11ClN2O.ClH/c1-7(12-13)11-6-8-2-4-9(10)5-3-8;/h2-5,13H,6H2,1H3,(H,11,12);1H. The molecule has 0 fully saturated rings. The molecule has 1 aromatic rings. The monoisotopic (exact) mass is 234 g/mol. The minimum atomic E-state index is 0. The highest BCUT2D eigenvalue weighted by molar-refractivity contribution is 6.30. The normalized spacial score (nSPS) is 10.6. The number of aliphatic imine (C=N–C) groups is 1. The molecule has 0 bridgehead atoms. The molecule has 0 aliphatic rings. The van der Waals surface area contributed by atoms with Crippen LogP contribution in [-0.2, 0) is 6.54 Å². The fraction of sp³-hybridized carbons (Fsp3) is 0.222. The van der Waals surface area contributed by atoms with Gasteiger partial charge in [-0.2, -0.15) is 0 Å². The molecular formula is C9H12Cl2N2O. The predicted octanol–water partition coefficient (Wildman–Crippen LogP) is 2.66. The van der Waals surface area contributed by atoms with E-state index in [4.69, 9.17) is 16.8 Å². The van der Waals surface area contributed by atoms with Crippen molar-refractivity contribution in [1.29, 1.82) is 0 Å². The molecule has 0 spiro atoms. The summed E-state index contributed by atoms with van der Waals surface area (Å²) in [5.41, 5.74) is 3.03. The Morgan fingerprint density at radius 2 is 2.00 bits per heavy atom. The summed E-state index contributed by atoms with van der Waals surface area (Å²) < 4.78 is 0. The van der Waals surface area contributed by atoms with E-state index in [1.54, 1.807) is 6.92 Å². The third-order valence-electron chi connectivity index (χ3n) is 1.57. The maximum Gasteiger partial charge on any atom is 0.117 e. The molecule has 0 aliphatic heterocycles. The molecule has 78 valence electrons. The molecule has 2 N–H and O–H groups in total. The lowest BCUT2D eigenvalue weighted by Crippen LogP contribution is -2.14. The Kier molecular flexibility index (Phi) is 6.28. The minimum absolute atomic E-state index is 0. The molecule has 0 atom stereocenters. The minimum Gasteiger partial charge on any atom is -0.290 e. The summed E-state index contributed by atoms with van der Waals surface area (Å²) in [5, 5.41) is 9.17. The Bertz CT molecular complexity index is 298. The summed E-state index contributed by atoms with van der Waals surface area (Å²) in [6.45, 7) is 2.23. The molecule has 1 rings (SSSR count). The van der Waals surface area contributed by atoms with Crippen LogP contribution in [0.1, 0.15) is 12.5 Å². The molecule has 14 heavy (non-hydrogen) atoms. The van der Waals surface area contributed by atoms with Gasteiger partial charge in [-0.05, 0) is 24.6 Å². The number of rotatable bonds is 2. The van der Waals surface area contributed by atoms with E-state index >= 15 is 0 Å². The van der Waals surface area contributed by atoms with Crippen molar-refractivity contribution < 1.29 is 5.21 Å². The highest BCUT2D eigenvalue weighted by Crippen LogP contribution is 2.09. The van der Waals surface area contributed by atoms with Gasteiger partial charge < -0.3 is 0 Å². The number of nitrogens with zero attached hydrogens (tertiary/aromatic N) is 1. The van der Waals surface area contributed by atoms with Crippen LogP contribution in [0.3, 0.4) is 0 Å². The van der Waals surface area contributed by atoms with Crippen LogP contribution >= 0.6 is 24.0 Å². The van der Waals surface area contributed by atoms with E-state index < -0.39 is 0 Å². The van der Waals surface area contributed by atoms with E-state index in [9.17, 15) is 0 Å². The Labute approximate surface area is 94.2 Å². The van der Waals surface area contributed by atoms with Crippen molar-refractivity contribution in [2.75, 3.05) is 0 Å². The topological polar surface area (TPSA) is 44.6 Å². The van der Waals surface area contributed by atoms with Crippen molar-refractivity contribution in [3.63, 3.8) is 0 Å². The van der Waals surface area contributed by atoms with E-state index in [0.29, 0.717) is 17.4 Å². The van der Waals surface area contributed by atoms with Crippen LogP contribution in [0.15, 0.2) is 29.3 Å². The molecule has 1 aromatic carbocycles. The molecule has 0 heterocycles. The Morgan fingerprint density at radius 3 is 2.50 bits per heavy atom. The van der Waals surface area contributed by atoms with E-state index in [1.807, 2.05) is 29.7 Å². The number of hydrogen-bond acceptors (Lipinski definition) is 2. The number of amidine groups is 1. The zero-order valence-corrected chi connectivity index (χ0v) is 9.27. The summed E-state index contributed by atoms with van der Waals surface area (Å²) >= 11 is 5.71. The van der Waals surface area contributed by atoms with Gasteiger partial charge in [0.25, 0.3) is 0 Å². The van der Waals surface area contributed by atoms with Gasteiger partial charge in [0.15, 0.2) is 0 Å². The van der Waals surface area contributed by atoms with Gasteiger partial charge in [-0.25, -0.2) is 0 Å². The molecule has 0 aliphatic carbocycles. The van der Waals surface area contributed by atoms with Crippen molar-refractivity contribution in [1.82, 2.24) is 5.48 Å². The average molecular weight is 235 g/mol. The third-order valence-corrected chi connectivity index (χ3v) is 1.83. The highest BCUT2D eigenvalue weighted by atomic mass is 35.5. The van der Waals surface area contributed by atoms with Gasteiger partial charge in [0.05, 0.1) is 6.54 Å². The van der Waals surface area contributed by atoms with Gasteiger partial charge in [-0.15, -0.1) is 12.4 Å². The van der Waals surface area contributed by atoms with E-state index in [-0.39, 0.29) is 12.4 Å². The van der Waals surface area contributed by atoms with Crippen molar-refractivity contribution in [2.24, 2.45) is 4.99 Å². The van der Waals surface area contributed by atoms with Gasteiger partial charge in [0, 0.05) is 5.02 Å². The molecule has 0 saturated carbocycles. The molecule has 5 heteroatoms. The van der Waals surface area contributed by atoms with Gasteiger partial charge >= 0.3 is 0 Å². The number of halogens is 2. The molecule has 3 nitrogen and oxygen atoms in total. The largest absolute Gasteiger partial charge is 0.290 e. The smallest absolute Gasteiger partial charge is 0.117 e. The van der Waals surface area contributed by atoms with E-state index in [2.05, 4.69) is 4.99 Å². The molecule has 0 unspecified atom stereocenters. The Hall–Kier alpha value is -0.770. The van der Waals surface area contributed by atoms with Crippen LogP contribution in [0.25, 0.3) is 0 Å². The third kappa shape index (κ3) is 4.46. The Balaban J connectivity index is 0.00000169. The van der Waals surface area contributed by atoms with Crippen molar-refractivity contribution >= 4 is 29.8 Å². The van der Waals surface area contributed by atoms with Gasteiger partial charge in [0.1, 0.15) is 5.84 Å². The van der Waals surface area contributed by atoms with Gasteiger partial charge in [-0.1, -0.05) is 23.7 Å². The maximum atomic E-state index is 8.46. The van der Waals surface area contributed by atoms with Crippen LogP contribution in [0.5, 0.6) is 0 Å². The number of hydrogen-bond donors (Lipinski definition) is 2. The molecule has 0 aromatic heterocycles. The lowest BCUT2D eigenvalue weighted by atomic mass is 10.2. The SMILES string of the molecule is CC(=NCc1ccc(Cl)cc1)NO.Cl. The van der Waals surface area contributed by atoms with Crippen LogP contribution in [0.2, 0.25) is 5.02 Å². The number of benzene rings is 1. The fourth-order valence-corrected chi connectivity index (χ4v) is 0.961. The van der Waals surface area contributed by atoms with Crippen molar-refractivity contribution in [2.45, 2.75) is 13.5 Å². The van der Waals surface area contributed by atoms with E-state index in [1.165, 1.54) is 0 Å². The lowest BCUT2D eigenvalue weighted by molar-refractivity contribution is 0.233. The molecule has 0 saturated heterocycles. The second kappa shape index (κ2) is 6.65. The highest BCUT2D eigenvalue weighted by Gasteiger charge is 1.91. The van der Waals surface area contributed by atoms with Crippen LogP contribution in [0, 0.1) is 0 Å². The second-order valence-electron chi connectivity index (χ2n) is 2.64. The van der Waals surface area contributed by atoms with E-state index in [0.717, 1.165) is 5.56 Å². The number of hydroxylamine groups is 1. The Morgan fingerprint density at radius 1 is 1.43 bits per heavy atom. The fourth-order valence-electron chi connectivity index (χ4n) is 0.835. The summed E-state index contributed by atoms with van der Waals surface area (Å²) in [7, 11) is 0. The zero-order chi connectivity index (χ0) is 9.68. The summed E-state index contributed by atoms with van der Waals surface area (Å²) in [6.07, 6.45) is 0. The summed E-state index contributed by atoms with van der Waals surface area (Å²) in [6, 6.07) is 7.43. The first-order valence-electron chi connectivity index (χ1n) is 3.88.